The summed E-state index contributed by atoms with van der Waals surface area (Å²) in [6.07, 6.45) is 7.22. The molecule has 4 nitrogen and oxygen atoms in total. The van der Waals surface area contributed by atoms with Gasteiger partial charge >= 0.3 is 5.97 Å². The second-order valence-electron chi connectivity index (χ2n) is 4.32. The lowest BCUT2D eigenvalue weighted by molar-refractivity contribution is 0.0698. The van der Waals surface area contributed by atoms with Gasteiger partial charge in [0.25, 0.3) is 0 Å². The molecule has 0 amide bonds. The summed E-state index contributed by atoms with van der Waals surface area (Å²) in [5.74, 6) is 2.26. The van der Waals surface area contributed by atoms with E-state index in [0.717, 1.165) is 5.39 Å². The predicted octanol–water partition coefficient (Wildman–Crippen LogP) is 2.76. The number of nitrogens with one attached hydrogen (secondary N) is 1. The summed E-state index contributed by atoms with van der Waals surface area (Å²) < 4.78 is 0. The first-order chi connectivity index (χ1) is 9.13. The Bertz CT molecular complexity index is 659. The first kappa shape index (κ1) is 12.9. The fraction of sp³-hybridized carbons (Fsp3) is 0.200. The number of carboxylic acids is 1. The van der Waals surface area contributed by atoms with E-state index < -0.39 is 5.97 Å². The summed E-state index contributed by atoms with van der Waals surface area (Å²) in [5.41, 5.74) is 0.200. The average molecular weight is 254 g/mol. The molecule has 1 aromatic carbocycles. The molecule has 2 aromatic rings. The molecule has 2 N–H and O–H groups in total. The third-order valence-electron chi connectivity index (χ3n) is 2.83. The van der Waals surface area contributed by atoms with Gasteiger partial charge in [-0.05, 0) is 6.92 Å². The van der Waals surface area contributed by atoms with Gasteiger partial charge in [-0.25, -0.2) is 9.78 Å². The number of aromatic carboxylic acids is 1. The number of fused-ring (bicyclic) bond motifs is 1. The Morgan fingerprint density at radius 2 is 2.16 bits per heavy atom. The number of nitrogens with zero attached hydrogens (tertiary/aromatic N) is 1. The van der Waals surface area contributed by atoms with Crippen LogP contribution in [0.1, 0.15) is 23.7 Å². The third-order valence-corrected chi connectivity index (χ3v) is 2.83. The van der Waals surface area contributed by atoms with E-state index in [1.165, 1.54) is 6.20 Å². The maximum atomic E-state index is 11.2. The molecule has 0 spiro atoms. The van der Waals surface area contributed by atoms with Crippen molar-refractivity contribution >= 4 is 22.6 Å². The topological polar surface area (TPSA) is 62.2 Å². The average Bonchev–Trinajstić information content (AvgIpc) is 2.39. The van der Waals surface area contributed by atoms with Gasteiger partial charge in [0.1, 0.15) is 5.82 Å². The highest BCUT2D eigenvalue weighted by Crippen LogP contribution is 2.25. The highest BCUT2D eigenvalue weighted by molar-refractivity contribution is 6.06. The molecule has 4 heteroatoms. The SMILES string of the molecule is C#CCC(C)Nc1ncc(C(=O)O)c2ccccc12. The number of hydrogen-bond acceptors (Lipinski definition) is 3. The van der Waals surface area contributed by atoms with E-state index in [1.54, 1.807) is 6.07 Å². The summed E-state index contributed by atoms with van der Waals surface area (Å²) in [4.78, 5) is 15.4. The lowest BCUT2D eigenvalue weighted by atomic mass is 10.1. The number of rotatable bonds is 4. The Balaban J connectivity index is 2.50. The van der Waals surface area contributed by atoms with Crippen molar-refractivity contribution in [2.45, 2.75) is 19.4 Å². The molecule has 1 aromatic heterocycles. The number of terminal acetylenes is 1. The standard InChI is InChI=1S/C15H14N2O2/c1-3-6-10(2)17-14-12-8-5-4-7-11(12)13(9-16-14)15(18)19/h1,4-5,7-10H,6H2,2H3,(H,16,17)(H,18,19). The molecular formula is C15H14N2O2. The van der Waals surface area contributed by atoms with Crippen molar-refractivity contribution in [1.82, 2.24) is 4.98 Å². The van der Waals surface area contributed by atoms with Gasteiger partial charge in [-0.2, -0.15) is 0 Å². The third kappa shape index (κ3) is 2.66. The van der Waals surface area contributed by atoms with E-state index in [-0.39, 0.29) is 11.6 Å². The Morgan fingerprint density at radius 1 is 1.47 bits per heavy atom. The first-order valence-corrected chi connectivity index (χ1v) is 5.94. The highest BCUT2D eigenvalue weighted by atomic mass is 16.4. The maximum Gasteiger partial charge on any atom is 0.337 e. The summed E-state index contributed by atoms with van der Waals surface area (Å²) in [7, 11) is 0. The van der Waals surface area contributed by atoms with Crippen molar-refractivity contribution in [3.63, 3.8) is 0 Å². The molecule has 1 heterocycles. The van der Waals surface area contributed by atoms with Gasteiger partial charge in [-0.1, -0.05) is 24.3 Å². The van der Waals surface area contributed by atoms with Crippen LogP contribution in [0.25, 0.3) is 10.8 Å². The monoisotopic (exact) mass is 254 g/mol. The van der Waals surface area contributed by atoms with E-state index >= 15 is 0 Å². The number of hydrogen-bond donors (Lipinski definition) is 2. The Hall–Kier alpha value is -2.54. The van der Waals surface area contributed by atoms with Crippen LogP contribution in [-0.2, 0) is 0 Å². The second-order valence-corrected chi connectivity index (χ2v) is 4.32. The van der Waals surface area contributed by atoms with Crippen LogP contribution in [0.2, 0.25) is 0 Å². The van der Waals surface area contributed by atoms with Gasteiger partial charge in [-0.3, -0.25) is 0 Å². The molecule has 0 aliphatic rings. The van der Waals surface area contributed by atoms with Crippen molar-refractivity contribution in [1.29, 1.82) is 0 Å². The summed E-state index contributed by atoms with van der Waals surface area (Å²) in [6, 6.07) is 7.37. The molecular weight excluding hydrogens is 240 g/mol. The minimum absolute atomic E-state index is 0.0802. The van der Waals surface area contributed by atoms with Gasteiger partial charge in [-0.15, -0.1) is 12.3 Å². The molecule has 0 fully saturated rings. The molecule has 0 radical (unpaired) electrons. The van der Waals surface area contributed by atoms with E-state index in [9.17, 15) is 4.79 Å². The molecule has 0 bridgehead atoms. The van der Waals surface area contributed by atoms with Crippen LogP contribution < -0.4 is 5.32 Å². The van der Waals surface area contributed by atoms with Crippen LogP contribution in [0.3, 0.4) is 0 Å². The van der Waals surface area contributed by atoms with Crippen molar-refractivity contribution in [3.8, 4) is 12.3 Å². The number of pyridine rings is 1. The van der Waals surface area contributed by atoms with Crippen molar-refractivity contribution in [2.75, 3.05) is 5.32 Å². The molecule has 2 rings (SSSR count). The Kier molecular flexibility index (Phi) is 3.67. The van der Waals surface area contributed by atoms with Crippen LogP contribution in [-0.4, -0.2) is 22.1 Å². The van der Waals surface area contributed by atoms with Crippen molar-refractivity contribution in [2.24, 2.45) is 0 Å². The zero-order valence-corrected chi connectivity index (χ0v) is 10.6. The fourth-order valence-corrected chi connectivity index (χ4v) is 1.94. The van der Waals surface area contributed by atoms with Crippen LogP contribution in [0.4, 0.5) is 5.82 Å². The molecule has 19 heavy (non-hydrogen) atoms. The van der Waals surface area contributed by atoms with Gasteiger partial charge in [0.15, 0.2) is 0 Å². The maximum absolute atomic E-state index is 11.2. The molecule has 96 valence electrons. The smallest absolute Gasteiger partial charge is 0.337 e. The van der Waals surface area contributed by atoms with Gasteiger partial charge in [0, 0.05) is 29.4 Å². The van der Waals surface area contributed by atoms with Crippen LogP contribution in [0.5, 0.6) is 0 Å². The Labute approximate surface area is 111 Å². The largest absolute Gasteiger partial charge is 0.478 e. The lowest BCUT2D eigenvalue weighted by Gasteiger charge is -2.14. The second kappa shape index (κ2) is 5.40. The van der Waals surface area contributed by atoms with Gasteiger partial charge in [0.2, 0.25) is 0 Å². The van der Waals surface area contributed by atoms with Crippen LogP contribution in [0, 0.1) is 12.3 Å². The fourth-order valence-electron chi connectivity index (χ4n) is 1.94. The quantitative estimate of drug-likeness (QED) is 0.823. The number of carbonyl (C=O) groups is 1. The zero-order valence-electron chi connectivity index (χ0n) is 10.6. The molecule has 1 unspecified atom stereocenters. The normalized spacial score (nSPS) is 11.8. The minimum Gasteiger partial charge on any atom is -0.478 e. The molecule has 0 saturated carbocycles. The number of carboxylic acid groups (broad SMARTS) is 1. The number of aromatic nitrogens is 1. The van der Waals surface area contributed by atoms with E-state index in [1.807, 2.05) is 25.1 Å². The highest BCUT2D eigenvalue weighted by Gasteiger charge is 2.13. The molecule has 0 aliphatic heterocycles. The van der Waals surface area contributed by atoms with Crippen molar-refractivity contribution in [3.05, 3.63) is 36.0 Å². The molecule has 0 saturated heterocycles. The molecule has 0 aliphatic carbocycles. The Morgan fingerprint density at radius 3 is 2.79 bits per heavy atom. The number of anilines is 1. The molecule has 1 atom stereocenters. The first-order valence-electron chi connectivity index (χ1n) is 5.94. The van der Waals surface area contributed by atoms with Crippen LogP contribution in [0.15, 0.2) is 30.5 Å². The van der Waals surface area contributed by atoms with Crippen molar-refractivity contribution < 1.29 is 9.90 Å². The lowest BCUT2D eigenvalue weighted by Crippen LogP contribution is -2.15. The van der Waals surface area contributed by atoms with E-state index in [4.69, 9.17) is 11.5 Å². The number of benzene rings is 1. The van der Waals surface area contributed by atoms with E-state index in [2.05, 4.69) is 16.2 Å². The summed E-state index contributed by atoms with van der Waals surface area (Å²) in [6.45, 7) is 1.96. The van der Waals surface area contributed by atoms with Gasteiger partial charge in [0.05, 0.1) is 5.56 Å². The van der Waals surface area contributed by atoms with Gasteiger partial charge < -0.3 is 10.4 Å². The van der Waals surface area contributed by atoms with E-state index in [0.29, 0.717) is 17.6 Å². The summed E-state index contributed by atoms with van der Waals surface area (Å²) in [5, 5.41) is 13.8. The zero-order chi connectivity index (χ0) is 13.8. The summed E-state index contributed by atoms with van der Waals surface area (Å²) >= 11 is 0. The van der Waals surface area contributed by atoms with Crippen LogP contribution >= 0.6 is 0 Å². The minimum atomic E-state index is -0.980. The predicted molar refractivity (Wildman–Crippen MR) is 75.2 cm³/mol.